The molecule has 1 saturated heterocycles. The van der Waals surface area contributed by atoms with E-state index in [1.165, 1.54) is 35.0 Å². The maximum Gasteiger partial charge on any atom is 0.418 e. The largest absolute Gasteiger partial charge is 0.418 e. The van der Waals surface area contributed by atoms with Gasteiger partial charge in [-0.1, -0.05) is 0 Å². The van der Waals surface area contributed by atoms with Crippen LogP contribution < -0.4 is 10.6 Å². The lowest BCUT2D eigenvalue weighted by Crippen LogP contribution is -2.27. The summed E-state index contributed by atoms with van der Waals surface area (Å²) in [5.41, 5.74) is -1.23. The van der Waals surface area contributed by atoms with Gasteiger partial charge in [-0.2, -0.15) is 13.2 Å². The van der Waals surface area contributed by atoms with E-state index in [-0.39, 0.29) is 17.9 Å². The van der Waals surface area contributed by atoms with Crippen molar-refractivity contribution in [3.05, 3.63) is 64.3 Å². The highest BCUT2D eigenvalue weighted by Crippen LogP contribution is 2.37. The second-order valence-electron chi connectivity index (χ2n) is 7.74. The number of carbonyl (C=O) groups is 2. The molecule has 1 aliphatic rings. The third-order valence-electron chi connectivity index (χ3n) is 5.37. The van der Waals surface area contributed by atoms with Gasteiger partial charge in [0.25, 0.3) is 11.6 Å². The number of benzene rings is 2. The minimum absolute atomic E-state index is 0.0659. The van der Waals surface area contributed by atoms with E-state index in [1.807, 2.05) is 0 Å². The highest BCUT2D eigenvalue weighted by Gasteiger charge is 2.35. The number of nitrogens with zero attached hydrogens (tertiary/aromatic N) is 2. The Morgan fingerprint density at radius 3 is 2.62 bits per heavy atom. The first-order chi connectivity index (χ1) is 16.1. The number of nitro groups is 1. The summed E-state index contributed by atoms with van der Waals surface area (Å²) in [6, 6.07) is 8.75. The van der Waals surface area contributed by atoms with Crippen LogP contribution in [0.4, 0.5) is 30.2 Å². The summed E-state index contributed by atoms with van der Waals surface area (Å²) in [6.45, 7) is 0.112. The molecule has 2 aromatic carbocycles. The van der Waals surface area contributed by atoms with Gasteiger partial charge in [-0.15, -0.1) is 0 Å². The first kappa shape index (κ1) is 23.2. The fourth-order valence-electron chi connectivity index (χ4n) is 3.76. The third-order valence-corrected chi connectivity index (χ3v) is 5.37. The average Bonchev–Trinajstić information content (AvgIpc) is 3.44. The maximum atomic E-state index is 13.7. The molecule has 2 amide bonds. The molecule has 2 heterocycles. The molecule has 0 bridgehead atoms. The van der Waals surface area contributed by atoms with Crippen molar-refractivity contribution in [2.75, 3.05) is 17.2 Å². The second-order valence-corrected chi connectivity index (χ2v) is 7.74. The lowest BCUT2D eigenvalue weighted by molar-refractivity contribution is -0.384. The molecule has 2 N–H and O–H groups in total. The summed E-state index contributed by atoms with van der Waals surface area (Å²) in [5.74, 6) is -1.25. The highest BCUT2D eigenvalue weighted by atomic mass is 19.4. The molecule has 178 valence electrons. The number of anilines is 2. The molecule has 0 saturated carbocycles. The molecule has 0 aliphatic carbocycles. The average molecular weight is 476 g/mol. The summed E-state index contributed by atoms with van der Waals surface area (Å²) in [5, 5.41) is 16.1. The number of ether oxygens (including phenoxy) is 1. The molecule has 1 unspecified atom stereocenters. The number of fused-ring (bicyclic) bond motifs is 1. The minimum atomic E-state index is -4.79. The fraction of sp³-hybridized carbons (Fsp3) is 0.273. The topological polar surface area (TPSA) is 116 Å². The van der Waals surface area contributed by atoms with Crippen LogP contribution in [0.15, 0.2) is 48.7 Å². The summed E-state index contributed by atoms with van der Waals surface area (Å²) in [6.07, 6.45) is -2.78. The van der Waals surface area contributed by atoms with Crippen LogP contribution in [0.5, 0.6) is 0 Å². The molecule has 1 aliphatic heterocycles. The van der Waals surface area contributed by atoms with E-state index in [4.69, 9.17) is 4.74 Å². The zero-order chi connectivity index (χ0) is 24.5. The van der Waals surface area contributed by atoms with E-state index in [1.54, 1.807) is 6.07 Å². The minimum Gasteiger partial charge on any atom is -0.368 e. The Hall–Kier alpha value is -3.93. The van der Waals surface area contributed by atoms with Gasteiger partial charge in [0.15, 0.2) is 0 Å². The van der Waals surface area contributed by atoms with Crippen molar-refractivity contribution in [3.63, 3.8) is 0 Å². The molecule has 34 heavy (non-hydrogen) atoms. The number of aromatic nitrogens is 1. The van der Waals surface area contributed by atoms with Crippen molar-refractivity contribution in [3.8, 4) is 0 Å². The molecule has 3 aromatic rings. The normalized spacial score (nSPS) is 15.9. The van der Waals surface area contributed by atoms with Crippen molar-refractivity contribution in [1.29, 1.82) is 0 Å². The van der Waals surface area contributed by atoms with Crippen LogP contribution in [0.1, 0.15) is 18.4 Å². The Morgan fingerprint density at radius 2 is 1.94 bits per heavy atom. The van der Waals surface area contributed by atoms with Crippen LogP contribution >= 0.6 is 0 Å². The van der Waals surface area contributed by atoms with E-state index >= 15 is 0 Å². The zero-order valence-electron chi connectivity index (χ0n) is 17.6. The molecule has 1 aromatic heterocycles. The van der Waals surface area contributed by atoms with Crippen LogP contribution in [0, 0.1) is 10.1 Å². The molecule has 0 spiro atoms. The smallest absolute Gasteiger partial charge is 0.368 e. The summed E-state index contributed by atoms with van der Waals surface area (Å²) >= 11 is 0. The number of amides is 2. The molecule has 12 heteroatoms. The van der Waals surface area contributed by atoms with E-state index in [0.29, 0.717) is 30.4 Å². The van der Waals surface area contributed by atoms with Gasteiger partial charge in [-0.05, 0) is 43.2 Å². The first-order valence-electron chi connectivity index (χ1n) is 10.3. The van der Waals surface area contributed by atoms with Gasteiger partial charge in [-0.25, -0.2) is 0 Å². The monoisotopic (exact) mass is 476 g/mol. The number of hydrogen-bond donors (Lipinski definition) is 2. The number of hydrogen-bond acceptors (Lipinski definition) is 5. The SMILES string of the molecule is O=C(Cn1ccc2cc([N+](=O)[O-])ccc21)Nc1ccc(NC(=O)C2CCCO2)cc1C(F)(F)F. The van der Waals surface area contributed by atoms with Gasteiger partial charge >= 0.3 is 6.18 Å². The van der Waals surface area contributed by atoms with Crippen LogP contribution in [0.25, 0.3) is 10.9 Å². The van der Waals surface area contributed by atoms with Crippen LogP contribution in [-0.2, 0) is 27.0 Å². The van der Waals surface area contributed by atoms with Gasteiger partial charge in [0.05, 0.1) is 16.2 Å². The Labute approximate surface area is 190 Å². The number of non-ortho nitro benzene ring substituents is 1. The molecule has 1 atom stereocenters. The molecule has 1 fully saturated rings. The number of nitro benzene ring substituents is 1. The molecule has 0 radical (unpaired) electrons. The van der Waals surface area contributed by atoms with Crippen molar-refractivity contribution in [1.82, 2.24) is 4.57 Å². The number of nitrogens with one attached hydrogen (secondary N) is 2. The predicted molar refractivity (Wildman–Crippen MR) is 116 cm³/mol. The van der Waals surface area contributed by atoms with Crippen molar-refractivity contribution < 1.29 is 32.4 Å². The number of carbonyl (C=O) groups excluding carboxylic acids is 2. The maximum absolute atomic E-state index is 13.7. The van der Waals surface area contributed by atoms with Gasteiger partial charge in [-0.3, -0.25) is 19.7 Å². The van der Waals surface area contributed by atoms with Crippen molar-refractivity contribution in [2.45, 2.75) is 31.7 Å². The predicted octanol–water partition coefficient (Wildman–Crippen LogP) is 4.32. The highest BCUT2D eigenvalue weighted by molar-refractivity contribution is 5.96. The standard InChI is InChI=1S/C22H19F3N4O5/c23-22(24,25)16-11-14(26-21(31)19-2-1-9-34-19)3-5-17(16)27-20(30)12-28-8-7-13-10-15(29(32)33)4-6-18(13)28/h3-8,10-11,19H,1-2,9,12H2,(H,26,31)(H,27,30). The molecular weight excluding hydrogens is 457 g/mol. The van der Waals surface area contributed by atoms with Crippen LogP contribution in [0.2, 0.25) is 0 Å². The quantitative estimate of drug-likeness (QED) is 0.406. The summed E-state index contributed by atoms with van der Waals surface area (Å²) < 4.78 is 47.7. The lowest BCUT2D eigenvalue weighted by Gasteiger charge is -2.17. The third kappa shape index (κ3) is 5.01. The Balaban J connectivity index is 1.51. The van der Waals surface area contributed by atoms with Crippen LogP contribution in [-0.4, -0.2) is 34.0 Å². The van der Waals surface area contributed by atoms with E-state index in [2.05, 4.69) is 10.6 Å². The Kier molecular flexibility index (Phi) is 6.24. The first-order valence-corrected chi connectivity index (χ1v) is 10.3. The summed E-state index contributed by atoms with van der Waals surface area (Å²) in [4.78, 5) is 35.0. The van der Waals surface area contributed by atoms with E-state index in [0.717, 1.165) is 12.1 Å². The number of rotatable bonds is 6. The second kappa shape index (κ2) is 9.14. The lowest BCUT2D eigenvalue weighted by atomic mass is 10.1. The van der Waals surface area contributed by atoms with Gasteiger partial charge in [0.2, 0.25) is 5.91 Å². The fourth-order valence-corrected chi connectivity index (χ4v) is 3.76. The molecule has 9 nitrogen and oxygen atoms in total. The van der Waals surface area contributed by atoms with E-state index in [9.17, 15) is 32.9 Å². The van der Waals surface area contributed by atoms with Crippen LogP contribution in [0.3, 0.4) is 0 Å². The zero-order valence-corrected chi connectivity index (χ0v) is 17.6. The Morgan fingerprint density at radius 1 is 1.15 bits per heavy atom. The van der Waals surface area contributed by atoms with Crippen molar-refractivity contribution >= 4 is 39.8 Å². The Bertz CT molecular complexity index is 1270. The summed E-state index contributed by atoms with van der Waals surface area (Å²) in [7, 11) is 0. The molecular formula is C22H19F3N4O5. The van der Waals surface area contributed by atoms with E-state index < -0.39 is 40.3 Å². The van der Waals surface area contributed by atoms with Gasteiger partial charge in [0, 0.05) is 41.5 Å². The number of alkyl halides is 3. The van der Waals surface area contributed by atoms with Gasteiger partial charge < -0.3 is 19.9 Å². The van der Waals surface area contributed by atoms with Crippen molar-refractivity contribution in [2.24, 2.45) is 0 Å². The number of halogens is 3. The molecule has 4 rings (SSSR count). The van der Waals surface area contributed by atoms with Gasteiger partial charge in [0.1, 0.15) is 12.6 Å².